The summed E-state index contributed by atoms with van der Waals surface area (Å²) < 4.78 is 0. The van der Waals surface area contributed by atoms with Crippen LogP contribution in [0.15, 0.2) is 36.7 Å². The Morgan fingerprint density at radius 3 is 2.87 bits per heavy atom. The van der Waals surface area contributed by atoms with Gasteiger partial charge >= 0.3 is 0 Å². The van der Waals surface area contributed by atoms with Crippen molar-refractivity contribution in [2.45, 2.75) is 6.92 Å². The third-order valence-corrected chi connectivity index (χ3v) is 2.59. The summed E-state index contributed by atoms with van der Waals surface area (Å²) in [4.78, 5) is 3.33. The van der Waals surface area contributed by atoms with Gasteiger partial charge in [-0.15, -0.1) is 0 Å². The number of benzene rings is 1. The Hall–Kier alpha value is -2.03. The maximum Gasteiger partial charge on any atom is 0.0565 e. The van der Waals surface area contributed by atoms with Crippen molar-refractivity contribution in [2.75, 3.05) is 0 Å². The number of aromatic nitrogens is 3. The third kappa shape index (κ3) is 1.32. The molecule has 0 aliphatic heterocycles. The molecule has 0 aliphatic carbocycles. The van der Waals surface area contributed by atoms with Crippen LogP contribution in [-0.4, -0.2) is 15.2 Å². The number of aryl methyl sites for hydroxylation is 1. The van der Waals surface area contributed by atoms with E-state index in [2.05, 4.69) is 46.4 Å². The Balaban J connectivity index is 2.21. The number of hydrogen-bond acceptors (Lipinski definition) is 1. The van der Waals surface area contributed by atoms with Crippen molar-refractivity contribution in [3.63, 3.8) is 0 Å². The van der Waals surface area contributed by atoms with E-state index >= 15 is 0 Å². The molecule has 2 N–H and O–H groups in total. The number of nitrogens with one attached hydrogen (secondary N) is 2. The van der Waals surface area contributed by atoms with Crippen LogP contribution in [0.1, 0.15) is 5.69 Å². The lowest BCUT2D eigenvalue weighted by Gasteiger charge is -1.96. The second kappa shape index (κ2) is 2.98. The van der Waals surface area contributed by atoms with Gasteiger partial charge in [0.05, 0.1) is 6.20 Å². The first-order chi connectivity index (χ1) is 7.33. The summed E-state index contributed by atoms with van der Waals surface area (Å²) >= 11 is 0. The van der Waals surface area contributed by atoms with E-state index in [1.807, 2.05) is 12.4 Å². The van der Waals surface area contributed by atoms with E-state index in [4.69, 9.17) is 0 Å². The lowest BCUT2D eigenvalue weighted by atomic mass is 10.1. The number of aromatic amines is 2. The first-order valence-electron chi connectivity index (χ1n) is 4.91. The van der Waals surface area contributed by atoms with E-state index in [9.17, 15) is 0 Å². The fourth-order valence-corrected chi connectivity index (χ4v) is 1.86. The van der Waals surface area contributed by atoms with Crippen LogP contribution in [0, 0.1) is 6.92 Å². The van der Waals surface area contributed by atoms with Crippen molar-refractivity contribution in [2.24, 2.45) is 0 Å². The Kier molecular flexibility index (Phi) is 1.65. The van der Waals surface area contributed by atoms with E-state index in [1.165, 1.54) is 22.2 Å². The molecule has 74 valence electrons. The molecular weight excluding hydrogens is 186 g/mol. The van der Waals surface area contributed by atoms with Gasteiger partial charge in [-0.1, -0.05) is 12.1 Å². The predicted molar refractivity (Wildman–Crippen MR) is 60.6 cm³/mol. The zero-order valence-electron chi connectivity index (χ0n) is 8.41. The van der Waals surface area contributed by atoms with E-state index in [1.54, 1.807) is 0 Å². The van der Waals surface area contributed by atoms with Gasteiger partial charge in [-0.25, -0.2) is 0 Å². The smallest absolute Gasteiger partial charge is 0.0565 e. The van der Waals surface area contributed by atoms with Crippen LogP contribution < -0.4 is 0 Å². The average Bonchev–Trinajstić information content (AvgIpc) is 2.82. The van der Waals surface area contributed by atoms with Crippen molar-refractivity contribution >= 4 is 10.9 Å². The summed E-state index contributed by atoms with van der Waals surface area (Å²) in [6, 6.07) is 8.53. The van der Waals surface area contributed by atoms with Gasteiger partial charge in [0.25, 0.3) is 0 Å². The predicted octanol–water partition coefficient (Wildman–Crippen LogP) is 2.87. The first kappa shape index (κ1) is 8.29. The molecule has 0 bridgehead atoms. The van der Waals surface area contributed by atoms with Gasteiger partial charge in [0.1, 0.15) is 0 Å². The van der Waals surface area contributed by atoms with Crippen molar-refractivity contribution < 1.29 is 0 Å². The molecule has 2 heterocycles. The molecule has 15 heavy (non-hydrogen) atoms. The molecule has 0 unspecified atom stereocenters. The molecule has 0 spiro atoms. The lowest BCUT2D eigenvalue weighted by Crippen LogP contribution is -1.74. The fourth-order valence-electron chi connectivity index (χ4n) is 1.86. The molecule has 0 atom stereocenters. The number of H-pyrrole nitrogens is 2. The SMILES string of the molecule is Cc1cc2ccc(-c3cn[nH]c3)cc2[nH]1. The summed E-state index contributed by atoms with van der Waals surface area (Å²) in [7, 11) is 0. The summed E-state index contributed by atoms with van der Waals surface area (Å²) in [5.74, 6) is 0. The van der Waals surface area contributed by atoms with Gasteiger partial charge in [0.2, 0.25) is 0 Å². The van der Waals surface area contributed by atoms with E-state index in [0.29, 0.717) is 0 Å². The van der Waals surface area contributed by atoms with Crippen molar-refractivity contribution in [3.05, 3.63) is 42.4 Å². The minimum Gasteiger partial charge on any atom is -0.359 e. The van der Waals surface area contributed by atoms with E-state index in [-0.39, 0.29) is 0 Å². The minimum absolute atomic E-state index is 1.11. The second-order valence-electron chi connectivity index (χ2n) is 3.74. The van der Waals surface area contributed by atoms with Crippen molar-refractivity contribution in [3.8, 4) is 11.1 Å². The number of nitrogens with zero attached hydrogens (tertiary/aromatic N) is 1. The Morgan fingerprint density at radius 1 is 1.13 bits per heavy atom. The van der Waals surface area contributed by atoms with Crippen LogP contribution in [0.3, 0.4) is 0 Å². The molecule has 0 fully saturated rings. The van der Waals surface area contributed by atoms with Crippen molar-refractivity contribution in [1.82, 2.24) is 15.2 Å². The van der Waals surface area contributed by atoms with Gasteiger partial charge in [-0.3, -0.25) is 5.10 Å². The van der Waals surface area contributed by atoms with Crippen LogP contribution in [0.2, 0.25) is 0 Å². The number of fused-ring (bicyclic) bond motifs is 1. The molecule has 0 saturated carbocycles. The Bertz CT molecular complexity index is 590. The second-order valence-corrected chi connectivity index (χ2v) is 3.74. The summed E-state index contributed by atoms with van der Waals surface area (Å²) in [5.41, 5.74) is 4.66. The van der Waals surface area contributed by atoms with Crippen LogP contribution >= 0.6 is 0 Å². The monoisotopic (exact) mass is 197 g/mol. The summed E-state index contributed by atoms with van der Waals surface area (Å²) in [6.45, 7) is 2.07. The highest BCUT2D eigenvalue weighted by atomic mass is 15.1. The molecule has 0 aliphatic rings. The third-order valence-electron chi connectivity index (χ3n) is 2.59. The molecule has 1 aromatic carbocycles. The largest absolute Gasteiger partial charge is 0.359 e. The van der Waals surface area contributed by atoms with Gasteiger partial charge in [0, 0.05) is 23.0 Å². The molecular formula is C12H11N3. The molecule has 0 amide bonds. The highest BCUT2D eigenvalue weighted by Crippen LogP contribution is 2.23. The normalized spacial score (nSPS) is 11.0. The Labute approximate surface area is 87.1 Å². The molecule has 3 heteroatoms. The van der Waals surface area contributed by atoms with E-state index in [0.717, 1.165) is 5.56 Å². The zero-order chi connectivity index (χ0) is 10.3. The number of hydrogen-bond donors (Lipinski definition) is 2. The standard InChI is InChI=1S/C12H11N3/c1-8-4-10-3-2-9(5-12(10)15-8)11-6-13-14-7-11/h2-7,15H,1H3,(H,13,14). The molecule has 0 radical (unpaired) electrons. The summed E-state index contributed by atoms with van der Waals surface area (Å²) in [5, 5.41) is 8.02. The molecule has 3 nitrogen and oxygen atoms in total. The highest BCUT2D eigenvalue weighted by Gasteiger charge is 2.01. The van der Waals surface area contributed by atoms with Crippen molar-refractivity contribution in [1.29, 1.82) is 0 Å². The molecule has 2 aromatic heterocycles. The van der Waals surface area contributed by atoms with Crippen LogP contribution in [0.4, 0.5) is 0 Å². The first-order valence-corrected chi connectivity index (χ1v) is 4.91. The maximum atomic E-state index is 3.95. The molecule has 3 aromatic rings. The number of rotatable bonds is 1. The topological polar surface area (TPSA) is 44.5 Å². The van der Waals surface area contributed by atoms with Gasteiger partial charge in [-0.05, 0) is 30.0 Å². The summed E-state index contributed by atoms with van der Waals surface area (Å²) in [6.07, 6.45) is 3.73. The molecule has 3 rings (SSSR count). The van der Waals surface area contributed by atoms with Gasteiger partial charge in [0.15, 0.2) is 0 Å². The van der Waals surface area contributed by atoms with Gasteiger partial charge < -0.3 is 4.98 Å². The van der Waals surface area contributed by atoms with Crippen LogP contribution in [0.5, 0.6) is 0 Å². The maximum absolute atomic E-state index is 3.95. The van der Waals surface area contributed by atoms with Crippen LogP contribution in [0.25, 0.3) is 22.0 Å². The fraction of sp³-hybridized carbons (Fsp3) is 0.0833. The average molecular weight is 197 g/mol. The van der Waals surface area contributed by atoms with Crippen LogP contribution in [-0.2, 0) is 0 Å². The zero-order valence-corrected chi connectivity index (χ0v) is 8.41. The van der Waals surface area contributed by atoms with Gasteiger partial charge in [-0.2, -0.15) is 5.10 Å². The minimum atomic E-state index is 1.11. The quantitative estimate of drug-likeness (QED) is 0.619. The van der Waals surface area contributed by atoms with E-state index < -0.39 is 0 Å². The lowest BCUT2D eigenvalue weighted by molar-refractivity contribution is 1.09. The Morgan fingerprint density at radius 2 is 2.07 bits per heavy atom. The molecule has 0 saturated heterocycles. The highest BCUT2D eigenvalue weighted by molar-refractivity contribution is 5.85.